The number of phenols is 1. The van der Waals surface area contributed by atoms with Crippen LogP contribution in [0.4, 0.5) is 14.7 Å². The third kappa shape index (κ3) is 6.32. The highest BCUT2D eigenvalue weighted by molar-refractivity contribution is 7.89. The maximum Gasteiger partial charge on any atom is 0.240 e. The molecule has 0 spiro atoms. The molecular weight excluding hydrogens is 514 g/mol. The zero-order valence-electron chi connectivity index (χ0n) is 21.1. The number of halogens is 2. The number of nitrogens with zero attached hydrogens (tertiary/aromatic N) is 4. The Bertz CT molecular complexity index is 1530. The smallest absolute Gasteiger partial charge is 0.240 e. The fourth-order valence-corrected chi connectivity index (χ4v) is 4.64. The Morgan fingerprint density at radius 2 is 1.76 bits per heavy atom. The third-order valence-corrected chi connectivity index (χ3v) is 7.08. The van der Waals surface area contributed by atoms with Crippen molar-refractivity contribution in [1.29, 1.82) is 0 Å². The van der Waals surface area contributed by atoms with E-state index < -0.39 is 27.4 Å². The van der Waals surface area contributed by atoms with Crippen molar-refractivity contribution < 1.29 is 22.3 Å². The van der Waals surface area contributed by atoms with Crippen molar-refractivity contribution in [3.8, 4) is 28.3 Å². The van der Waals surface area contributed by atoms with E-state index in [0.717, 1.165) is 12.1 Å². The first-order valence-corrected chi connectivity index (χ1v) is 13.3. The van der Waals surface area contributed by atoms with Gasteiger partial charge < -0.3 is 10.4 Å². The van der Waals surface area contributed by atoms with E-state index in [9.17, 15) is 22.3 Å². The van der Waals surface area contributed by atoms with E-state index in [1.54, 1.807) is 23.0 Å². The summed E-state index contributed by atoms with van der Waals surface area (Å²) in [5.41, 5.74) is 1.94. The molecular formula is C26H28F2N6O3S. The number of aromatic nitrogens is 4. The lowest BCUT2D eigenvalue weighted by Gasteiger charge is -2.18. The van der Waals surface area contributed by atoms with Crippen molar-refractivity contribution in [2.75, 3.05) is 18.4 Å². The molecule has 0 radical (unpaired) electrons. The molecule has 3 N–H and O–H groups in total. The van der Waals surface area contributed by atoms with Crippen LogP contribution in [0.3, 0.4) is 0 Å². The molecule has 0 fully saturated rings. The maximum atomic E-state index is 13.7. The van der Waals surface area contributed by atoms with Gasteiger partial charge in [-0.2, -0.15) is 5.10 Å². The molecule has 0 aliphatic heterocycles. The average molecular weight is 543 g/mol. The molecule has 4 aromatic rings. The highest BCUT2D eigenvalue weighted by Gasteiger charge is 2.22. The van der Waals surface area contributed by atoms with Crippen LogP contribution in [0.1, 0.15) is 27.2 Å². The summed E-state index contributed by atoms with van der Waals surface area (Å²) in [7, 11) is -3.74. The Morgan fingerprint density at radius 3 is 2.45 bits per heavy atom. The van der Waals surface area contributed by atoms with Gasteiger partial charge in [-0.05, 0) is 75.7 Å². The number of rotatable bonds is 9. The van der Waals surface area contributed by atoms with Crippen molar-refractivity contribution in [1.82, 2.24) is 24.5 Å². The molecule has 4 rings (SSSR count). The first kappa shape index (κ1) is 27.1. The van der Waals surface area contributed by atoms with Gasteiger partial charge in [-0.1, -0.05) is 0 Å². The number of sulfonamides is 1. The molecule has 2 heterocycles. The molecule has 0 aliphatic carbocycles. The van der Waals surface area contributed by atoms with Crippen LogP contribution in [0.25, 0.3) is 22.5 Å². The highest BCUT2D eigenvalue weighted by atomic mass is 32.2. The Morgan fingerprint density at radius 1 is 1.03 bits per heavy atom. The molecule has 2 aromatic carbocycles. The second-order valence-electron chi connectivity index (χ2n) is 9.57. The summed E-state index contributed by atoms with van der Waals surface area (Å²) < 4.78 is 55.6. The van der Waals surface area contributed by atoms with Crippen LogP contribution in [0.2, 0.25) is 0 Å². The summed E-state index contributed by atoms with van der Waals surface area (Å²) in [5, 5.41) is 17.7. The lowest BCUT2D eigenvalue weighted by atomic mass is 10.1. The van der Waals surface area contributed by atoms with Crippen LogP contribution < -0.4 is 10.0 Å². The minimum absolute atomic E-state index is 0.0102. The van der Waals surface area contributed by atoms with Gasteiger partial charge in [0.25, 0.3) is 0 Å². The van der Waals surface area contributed by atoms with Crippen LogP contribution >= 0.6 is 0 Å². The minimum Gasteiger partial charge on any atom is -0.505 e. The summed E-state index contributed by atoms with van der Waals surface area (Å²) >= 11 is 0. The number of aromatic hydroxyl groups is 1. The fourth-order valence-electron chi connectivity index (χ4n) is 3.56. The van der Waals surface area contributed by atoms with E-state index in [2.05, 4.69) is 25.1 Å². The molecule has 0 aliphatic rings. The topological polar surface area (TPSA) is 122 Å². The number of anilines is 1. The standard InChI is InChI=1S/C26H28F2N6O3S/c1-26(2,3)34-16-20(24(33-34)17-5-10-21(28)23(35)15-17)22-11-14-30-25(32-22)29-12-4-13-31-38(36,37)19-8-6-18(27)7-9-19/h5-11,14-16,31,35H,4,12-13H2,1-3H3,(H,29,30,32). The summed E-state index contributed by atoms with van der Waals surface area (Å²) in [6.07, 6.45) is 3.87. The van der Waals surface area contributed by atoms with Crippen molar-refractivity contribution in [2.24, 2.45) is 0 Å². The fraction of sp³-hybridized carbons (Fsp3) is 0.269. The number of phenolic OH excluding ortho intramolecular Hbond substituents is 1. The molecule has 0 saturated carbocycles. The second-order valence-corrected chi connectivity index (χ2v) is 11.3. The van der Waals surface area contributed by atoms with Gasteiger partial charge in [-0.25, -0.2) is 31.9 Å². The number of nitrogens with one attached hydrogen (secondary N) is 2. The van der Waals surface area contributed by atoms with E-state index in [4.69, 9.17) is 0 Å². The summed E-state index contributed by atoms with van der Waals surface area (Å²) in [6, 6.07) is 10.4. The SMILES string of the molecule is CC(C)(C)n1cc(-c2ccnc(NCCCNS(=O)(=O)c3ccc(F)cc3)n2)c(-c2ccc(F)c(O)c2)n1. The van der Waals surface area contributed by atoms with Crippen molar-refractivity contribution in [3.63, 3.8) is 0 Å². The molecule has 12 heteroatoms. The minimum atomic E-state index is -3.74. The van der Waals surface area contributed by atoms with Gasteiger partial charge in [0.2, 0.25) is 16.0 Å². The average Bonchev–Trinajstić information content (AvgIpc) is 3.32. The van der Waals surface area contributed by atoms with Gasteiger partial charge in [0.15, 0.2) is 11.6 Å². The van der Waals surface area contributed by atoms with Gasteiger partial charge in [-0.3, -0.25) is 4.68 Å². The van der Waals surface area contributed by atoms with Crippen LogP contribution in [-0.2, 0) is 15.6 Å². The highest BCUT2D eigenvalue weighted by Crippen LogP contribution is 2.34. The van der Waals surface area contributed by atoms with Gasteiger partial charge in [-0.15, -0.1) is 0 Å². The molecule has 0 unspecified atom stereocenters. The monoisotopic (exact) mass is 542 g/mol. The number of hydrogen-bond donors (Lipinski definition) is 3. The van der Waals surface area contributed by atoms with Crippen LogP contribution in [0.5, 0.6) is 5.75 Å². The van der Waals surface area contributed by atoms with E-state index in [1.807, 2.05) is 27.0 Å². The predicted molar refractivity (Wildman–Crippen MR) is 140 cm³/mol. The zero-order valence-corrected chi connectivity index (χ0v) is 21.9. The van der Waals surface area contributed by atoms with E-state index in [1.165, 1.54) is 24.3 Å². The van der Waals surface area contributed by atoms with Crippen molar-refractivity contribution in [2.45, 2.75) is 37.6 Å². The molecule has 9 nitrogen and oxygen atoms in total. The number of benzene rings is 2. The molecule has 200 valence electrons. The van der Waals surface area contributed by atoms with Crippen LogP contribution in [0, 0.1) is 11.6 Å². The summed E-state index contributed by atoms with van der Waals surface area (Å²) in [6.45, 7) is 6.52. The van der Waals surface area contributed by atoms with E-state index in [-0.39, 0.29) is 17.0 Å². The molecule has 0 amide bonds. The molecule has 0 saturated heterocycles. The summed E-state index contributed by atoms with van der Waals surface area (Å²) in [4.78, 5) is 8.81. The van der Waals surface area contributed by atoms with Crippen molar-refractivity contribution in [3.05, 3.63) is 72.6 Å². The Kier molecular flexibility index (Phi) is 7.74. The Labute approximate surface area is 219 Å². The van der Waals surface area contributed by atoms with Crippen molar-refractivity contribution >= 4 is 16.0 Å². The van der Waals surface area contributed by atoms with E-state index >= 15 is 0 Å². The molecule has 0 atom stereocenters. The van der Waals surface area contributed by atoms with Crippen LogP contribution in [0.15, 0.2) is 65.8 Å². The summed E-state index contributed by atoms with van der Waals surface area (Å²) in [5.74, 6) is -1.37. The third-order valence-electron chi connectivity index (χ3n) is 5.61. The van der Waals surface area contributed by atoms with Gasteiger partial charge >= 0.3 is 0 Å². The lowest BCUT2D eigenvalue weighted by Crippen LogP contribution is -2.26. The molecule has 0 bridgehead atoms. The Hall–Kier alpha value is -3.90. The van der Waals surface area contributed by atoms with Gasteiger partial charge in [0, 0.05) is 36.6 Å². The molecule has 38 heavy (non-hydrogen) atoms. The second kappa shape index (κ2) is 10.8. The van der Waals surface area contributed by atoms with Crippen LogP contribution in [-0.4, -0.2) is 46.4 Å². The largest absolute Gasteiger partial charge is 0.505 e. The first-order chi connectivity index (χ1) is 17.9. The lowest BCUT2D eigenvalue weighted by molar-refractivity contribution is 0.356. The predicted octanol–water partition coefficient (Wildman–Crippen LogP) is 4.53. The number of hydrogen-bond acceptors (Lipinski definition) is 7. The van der Waals surface area contributed by atoms with Gasteiger partial charge in [0.05, 0.1) is 16.1 Å². The van der Waals surface area contributed by atoms with E-state index in [0.29, 0.717) is 41.4 Å². The van der Waals surface area contributed by atoms with Gasteiger partial charge in [0.1, 0.15) is 11.5 Å². The normalized spacial score (nSPS) is 12.0. The first-order valence-electron chi connectivity index (χ1n) is 11.9. The zero-order chi connectivity index (χ0) is 27.5. The molecule has 2 aromatic heterocycles. The Balaban J connectivity index is 1.47. The quantitative estimate of drug-likeness (QED) is 0.266. The maximum absolute atomic E-state index is 13.7.